The van der Waals surface area contributed by atoms with Crippen LogP contribution in [0.4, 0.5) is 29.5 Å². The van der Waals surface area contributed by atoms with Gasteiger partial charge in [-0.25, -0.2) is 22.6 Å². The Labute approximate surface area is 141 Å². The van der Waals surface area contributed by atoms with Gasteiger partial charge in [-0.3, -0.25) is 5.32 Å². The van der Waals surface area contributed by atoms with Gasteiger partial charge in [-0.15, -0.1) is 0 Å². The van der Waals surface area contributed by atoms with Crippen molar-refractivity contribution in [2.24, 2.45) is 0 Å². The molecule has 8 heteroatoms. The zero-order valence-corrected chi connectivity index (χ0v) is 13.1. The number of nitrogens with one attached hydrogen (secondary N) is 2. The van der Waals surface area contributed by atoms with E-state index in [-0.39, 0.29) is 5.69 Å². The molecule has 2 N–H and O–H groups in total. The van der Waals surface area contributed by atoms with Crippen LogP contribution in [-0.4, -0.2) is 15.8 Å². The maximum Gasteiger partial charge on any atom is 0.324 e. The maximum absolute atomic E-state index is 13.2. The number of carbonyl (C=O) groups excluding carboxylic acids is 1. The standard InChI is InChI=1S/C17H13F3N4O/c1-10-8-16(24(23-10)13-5-2-11(18)3-6-13)22-17(25)21-12-4-7-14(19)15(20)9-12/h2-9H,1H3,(H2,21,22,25). The molecule has 0 fully saturated rings. The molecule has 0 saturated heterocycles. The molecule has 5 nitrogen and oxygen atoms in total. The van der Waals surface area contributed by atoms with Crippen molar-refractivity contribution in [2.45, 2.75) is 6.92 Å². The van der Waals surface area contributed by atoms with E-state index >= 15 is 0 Å². The summed E-state index contributed by atoms with van der Waals surface area (Å²) in [6.45, 7) is 1.73. The van der Waals surface area contributed by atoms with E-state index in [9.17, 15) is 18.0 Å². The quantitative estimate of drug-likeness (QED) is 0.745. The molecule has 1 aromatic heterocycles. The minimum absolute atomic E-state index is 0.0981. The fraction of sp³-hybridized carbons (Fsp3) is 0.0588. The maximum atomic E-state index is 13.2. The van der Waals surface area contributed by atoms with E-state index in [0.717, 1.165) is 12.1 Å². The van der Waals surface area contributed by atoms with E-state index in [1.54, 1.807) is 13.0 Å². The highest BCUT2D eigenvalue weighted by Gasteiger charge is 2.12. The van der Waals surface area contributed by atoms with Crippen LogP contribution in [0.1, 0.15) is 5.69 Å². The first-order chi connectivity index (χ1) is 11.9. The molecule has 3 rings (SSSR count). The molecule has 2 aromatic carbocycles. The SMILES string of the molecule is Cc1cc(NC(=O)Nc2ccc(F)c(F)c2)n(-c2ccc(F)cc2)n1. The van der Waals surface area contributed by atoms with Crippen LogP contribution in [0.15, 0.2) is 48.5 Å². The van der Waals surface area contributed by atoms with Crippen molar-refractivity contribution in [1.29, 1.82) is 0 Å². The predicted molar refractivity (Wildman–Crippen MR) is 87.3 cm³/mol. The number of benzene rings is 2. The third kappa shape index (κ3) is 3.79. The summed E-state index contributed by atoms with van der Waals surface area (Å²) in [6.07, 6.45) is 0. The number of anilines is 2. The molecule has 2 amide bonds. The Kier molecular flexibility index (Phi) is 4.42. The van der Waals surface area contributed by atoms with Gasteiger partial charge in [0.1, 0.15) is 11.6 Å². The second kappa shape index (κ2) is 6.68. The average Bonchev–Trinajstić information content (AvgIpc) is 2.92. The smallest absolute Gasteiger partial charge is 0.308 e. The Hall–Kier alpha value is -3.29. The molecule has 0 saturated carbocycles. The van der Waals surface area contributed by atoms with Crippen molar-refractivity contribution in [2.75, 3.05) is 10.6 Å². The van der Waals surface area contributed by atoms with Crippen molar-refractivity contribution in [3.8, 4) is 5.69 Å². The molecule has 0 aliphatic carbocycles. The minimum atomic E-state index is -1.06. The monoisotopic (exact) mass is 346 g/mol. The summed E-state index contributed by atoms with van der Waals surface area (Å²) in [7, 11) is 0. The van der Waals surface area contributed by atoms with E-state index < -0.39 is 23.5 Å². The second-order valence-electron chi connectivity index (χ2n) is 5.27. The Bertz CT molecular complexity index is 922. The molecule has 0 aliphatic rings. The van der Waals surface area contributed by atoms with Crippen molar-refractivity contribution in [3.63, 3.8) is 0 Å². The highest BCUT2D eigenvalue weighted by atomic mass is 19.2. The lowest BCUT2D eigenvalue weighted by molar-refractivity contribution is 0.262. The summed E-state index contributed by atoms with van der Waals surface area (Å²) in [5, 5.41) is 9.20. The van der Waals surface area contributed by atoms with Gasteiger partial charge >= 0.3 is 6.03 Å². The van der Waals surface area contributed by atoms with Gasteiger partial charge in [-0.1, -0.05) is 0 Å². The van der Waals surface area contributed by atoms with Gasteiger partial charge in [0.25, 0.3) is 0 Å². The number of aromatic nitrogens is 2. The first kappa shape index (κ1) is 16.6. The minimum Gasteiger partial charge on any atom is -0.308 e. The molecule has 0 spiro atoms. The van der Waals surface area contributed by atoms with Gasteiger partial charge in [0.15, 0.2) is 11.6 Å². The molecule has 0 atom stereocenters. The third-order valence-electron chi connectivity index (χ3n) is 3.32. The Morgan fingerprint density at radius 3 is 2.36 bits per heavy atom. The lowest BCUT2D eigenvalue weighted by Gasteiger charge is -2.10. The molecule has 0 bridgehead atoms. The van der Waals surface area contributed by atoms with Crippen LogP contribution in [0.3, 0.4) is 0 Å². The lowest BCUT2D eigenvalue weighted by atomic mass is 10.3. The highest BCUT2D eigenvalue weighted by Crippen LogP contribution is 2.18. The van der Waals surface area contributed by atoms with Crippen LogP contribution in [0, 0.1) is 24.4 Å². The average molecular weight is 346 g/mol. The third-order valence-corrected chi connectivity index (χ3v) is 3.32. The van der Waals surface area contributed by atoms with Gasteiger partial charge in [0, 0.05) is 17.8 Å². The summed E-state index contributed by atoms with van der Waals surface area (Å²) < 4.78 is 40.6. The summed E-state index contributed by atoms with van der Waals surface area (Å²) in [5.41, 5.74) is 1.28. The number of halogens is 3. The Morgan fingerprint density at radius 1 is 0.960 bits per heavy atom. The van der Waals surface area contributed by atoms with Gasteiger partial charge in [0.2, 0.25) is 0 Å². The topological polar surface area (TPSA) is 59.0 Å². The van der Waals surface area contributed by atoms with E-state index in [1.807, 2.05) is 0 Å². The van der Waals surface area contributed by atoms with Crippen LogP contribution in [0.2, 0.25) is 0 Å². The molecule has 0 radical (unpaired) electrons. The number of rotatable bonds is 3. The van der Waals surface area contributed by atoms with Gasteiger partial charge in [0.05, 0.1) is 11.4 Å². The van der Waals surface area contributed by atoms with Gasteiger partial charge in [-0.2, -0.15) is 5.10 Å². The van der Waals surface area contributed by atoms with Crippen molar-refractivity contribution >= 4 is 17.5 Å². The van der Waals surface area contributed by atoms with Crippen LogP contribution < -0.4 is 10.6 Å². The number of nitrogens with zero attached hydrogens (tertiary/aromatic N) is 2. The van der Waals surface area contributed by atoms with Gasteiger partial charge < -0.3 is 5.32 Å². The highest BCUT2D eigenvalue weighted by molar-refractivity contribution is 5.99. The number of carbonyl (C=O) groups is 1. The first-order valence-corrected chi connectivity index (χ1v) is 7.28. The van der Waals surface area contributed by atoms with Crippen molar-refractivity contribution in [3.05, 3.63) is 71.7 Å². The van der Waals surface area contributed by atoms with Crippen LogP contribution in [-0.2, 0) is 0 Å². The lowest BCUT2D eigenvalue weighted by Crippen LogP contribution is -2.21. The summed E-state index contributed by atoms with van der Waals surface area (Å²) in [4.78, 5) is 12.1. The molecule has 128 valence electrons. The molecule has 3 aromatic rings. The number of hydrogen-bond donors (Lipinski definition) is 2. The van der Waals surface area contributed by atoms with Gasteiger partial charge in [-0.05, 0) is 43.3 Å². The molecule has 1 heterocycles. The summed E-state index contributed by atoms with van der Waals surface area (Å²) in [6, 6.07) is 9.56. The van der Waals surface area contributed by atoms with Crippen LogP contribution >= 0.6 is 0 Å². The zero-order valence-electron chi connectivity index (χ0n) is 13.1. The fourth-order valence-electron chi connectivity index (χ4n) is 2.22. The molecule has 25 heavy (non-hydrogen) atoms. The van der Waals surface area contributed by atoms with Crippen molar-refractivity contribution in [1.82, 2.24) is 9.78 Å². The first-order valence-electron chi connectivity index (χ1n) is 7.28. The second-order valence-corrected chi connectivity index (χ2v) is 5.27. The van der Waals surface area contributed by atoms with Crippen LogP contribution in [0.5, 0.6) is 0 Å². The largest absolute Gasteiger partial charge is 0.324 e. The fourth-order valence-corrected chi connectivity index (χ4v) is 2.22. The van der Waals surface area contributed by atoms with E-state index in [1.165, 1.54) is 35.0 Å². The predicted octanol–water partition coefficient (Wildman–Crippen LogP) is 4.24. The summed E-state index contributed by atoms with van der Waals surface area (Å²) in [5.74, 6) is -2.12. The normalized spacial score (nSPS) is 10.6. The van der Waals surface area contributed by atoms with E-state index in [2.05, 4.69) is 15.7 Å². The van der Waals surface area contributed by atoms with Crippen LogP contribution in [0.25, 0.3) is 5.69 Å². The number of urea groups is 1. The zero-order chi connectivity index (χ0) is 18.0. The molecule has 0 aliphatic heterocycles. The number of amides is 2. The molecule has 0 unspecified atom stereocenters. The van der Waals surface area contributed by atoms with Crippen molar-refractivity contribution < 1.29 is 18.0 Å². The number of hydrogen-bond acceptors (Lipinski definition) is 2. The molecular formula is C17H13F3N4O. The Balaban J connectivity index is 1.79. The molecular weight excluding hydrogens is 333 g/mol. The number of aryl methyl sites for hydroxylation is 1. The van der Waals surface area contributed by atoms with E-state index in [0.29, 0.717) is 17.2 Å². The summed E-state index contributed by atoms with van der Waals surface area (Å²) >= 11 is 0. The van der Waals surface area contributed by atoms with E-state index in [4.69, 9.17) is 0 Å². The Morgan fingerprint density at radius 2 is 1.68 bits per heavy atom.